The van der Waals surface area contributed by atoms with Gasteiger partial charge in [0.15, 0.2) is 0 Å². The Hall–Kier alpha value is -6.91. The fourth-order valence-electron chi connectivity index (χ4n) is 6.72. The lowest BCUT2D eigenvalue weighted by Crippen LogP contribution is -2.54. The lowest BCUT2D eigenvalue weighted by molar-refractivity contribution is -0.136. The Balaban J connectivity index is 0.855. The van der Waals surface area contributed by atoms with Crippen LogP contribution in [0.25, 0.3) is 22.0 Å². The second-order valence-electron chi connectivity index (χ2n) is 13.3. The highest BCUT2D eigenvalue weighted by atomic mass is 16.5. The molecule has 3 aromatic carbocycles. The number of nitrogens with zero attached hydrogens (tertiary/aromatic N) is 2. The molecular formula is C41H38N6O10. The van der Waals surface area contributed by atoms with E-state index in [0.29, 0.717) is 22.4 Å². The third-order valence-electron chi connectivity index (χ3n) is 9.48. The molecule has 1 unspecified atom stereocenters. The van der Waals surface area contributed by atoms with E-state index >= 15 is 0 Å². The summed E-state index contributed by atoms with van der Waals surface area (Å²) in [6.45, 7) is 0.751. The Morgan fingerprint density at radius 2 is 1.56 bits per heavy atom. The van der Waals surface area contributed by atoms with Crippen LogP contribution in [0.3, 0.4) is 0 Å². The molecule has 292 valence electrons. The molecule has 16 nitrogen and oxygen atoms in total. The SMILES string of the molecule is Cn1cc(-c2ccccc2Oc2ccccc2)c2cc(C(=O)NCCOCCOCCC(=O)Nc3cccc4c3C(=O)N(C3CCC(=O)NC3=O)C4=O)[nH]c2c1=O. The molecule has 0 spiro atoms. The van der Waals surface area contributed by atoms with Gasteiger partial charge in [0.1, 0.15) is 28.8 Å². The van der Waals surface area contributed by atoms with Gasteiger partial charge in [0.05, 0.1) is 49.7 Å². The van der Waals surface area contributed by atoms with Gasteiger partial charge in [0.2, 0.25) is 17.7 Å². The monoisotopic (exact) mass is 774 g/mol. The summed E-state index contributed by atoms with van der Waals surface area (Å²) in [6, 6.07) is 21.8. The number of hydrogen-bond donors (Lipinski definition) is 4. The number of amides is 6. The molecule has 1 atom stereocenters. The van der Waals surface area contributed by atoms with Crippen molar-refractivity contribution in [2.45, 2.75) is 25.3 Å². The minimum atomic E-state index is -1.12. The third-order valence-corrected chi connectivity index (χ3v) is 9.48. The fourth-order valence-corrected chi connectivity index (χ4v) is 6.72. The minimum absolute atomic E-state index is 0.00412. The van der Waals surface area contributed by atoms with Crippen molar-refractivity contribution in [3.63, 3.8) is 0 Å². The molecule has 2 aromatic heterocycles. The number of imide groups is 2. The molecule has 0 aliphatic carbocycles. The van der Waals surface area contributed by atoms with Crippen LogP contribution in [-0.2, 0) is 30.9 Å². The van der Waals surface area contributed by atoms with Crippen LogP contribution < -0.4 is 26.2 Å². The van der Waals surface area contributed by atoms with Crippen molar-refractivity contribution in [1.82, 2.24) is 25.1 Å². The Morgan fingerprint density at radius 3 is 2.35 bits per heavy atom. The molecule has 16 heteroatoms. The summed E-state index contributed by atoms with van der Waals surface area (Å²) >= 11 is 0. The van der Waals surface area contributed by atoms with E-state index in [1.807, 2.05) is 54.6 Å². The number of aromatic nitrogens is 2. The zero-order valence-corrected chi connectivity index (χ0v) is 30.8. The van der Waals surface area contributed by atoms with Crippen molar-refractivity contribution in [1.29, 1.82) is 0 Å². The Kier molecular flexibility index (Phi) is 11.3. The normalized spacial score (nSPS) is 15.1. The van der Waals surface area contributed by atoms with Crippen molar-refractivity contribution in [2.75, 3.05) is 38.3 Å². The highest BCUT2D eigenvalue weighted by Gasteiger charge is 2.45. The van der Waals surface area contributed by atoms with Gasteiger partial charge < -0.3 is 34.4 Å². The first-order chi connectivity index (χ1) is 27.6. The summed E-state index contributed by atoms with van der Waals surface area (Å²) in [7, 11) is 1.65. The summed E-state index contributed by atoms with van der Waals surface area (Å²) in [5.41, 5.74) is 1.83. The molecule has 7 rings (SSSR count). The van der Waals surface area contributed by atoms with Crippen LogP contribution in [0.4, 0.5) is 5.69 Å². The van der Waals surface area contributed by atoms with E-state index in [0.717, 1.165) is 10.5 Å². The summed E-state index contributed by atoms with van der Waals surface area (Å²) in [5, 5.41) is 8.15. The van der Waals surface area contributed by atoms with Crippen molar-refractivity contribution >= 4 is 52.0 Å². The number of para-hydroxylation sites is 2. The second kappa shape index (κ2) is 16.8. The molecule has 2 aliphatic heterocycles. The number of carbonyl (C=O) groups is 6. The number of aryl methyl sites for hydroxylation is 1. The standard InChI is InChI=1S/C41H38N6O10/c1-46-23-28(25-10-5-6-13-32(25)57-24-8-3-2-4-9-24)27-22-30(44-36(27)41(46)54)37(50)42-17-19-56-21-20-55-18-16-34(49)43-29-12-7-11-26-35(29)40(53)47(39(26)52)31-14-15-33(48)45-38(31)51/h2-13,22-23,31,44H,14-21H2,1H3,(H,42,50)(H,43,49)(H,45,48,51). The average Bonchev–Trinajstić information content (AvgIpc) is 3.76. The number of piperidine rings is 1. The van der Waals surface area contributed by atoms with Crippen molar-refractivity contribution in [2.24, 2.45) is 7.05 Å². The van der Waals surface area contributed by atoms with Gasteiger partial charge in [-0.1, -0.05) is 42.5 Å². The van der Waals surface area contributed by atoms with Crippen molar-refractivity contribution in [3.8, 4) is 22.6 Å². The number of ether oxygens (including phenoxy) is 3. The van der Waals surface area contributed by atoms with Crippen LogP contribution >= 0.6 is 0 Å². The molecule has 1 saturated heterocycles. The summed E-state index contributed by atoms with van der Waals surface area (Å²) < 4.78 is 18.7. The summed E-state index contributed by atoms with van der Waals surface area (Å²) in [4.78, 5) is 92.8. The lowest BCUT2D eigenvalue weighted by Gasteiger charge is -2.27. The predicted octanol–water partition coefficient (Wildman–Crippen LogP) is 3.52. The zero-order valence-electron chi connectivity index (χ0n) is 30.8. The number of carbonyl (C=O) groups excluding carboxylic acids is 6. The molecule has 0 bridgehead atoms. The molecular weight excluding hydrogens is 736 g/mol. The number of rotatable bonds is 15. The Bertz CT molecular complexity index is 2460. The number of fused-ring (bicyclic) bond motifs is 2. The van der Waals surface area contributed by atoms with E-state index in [1.165, 1.54) is 22.8 Å². The highest BCUT2D eigenvalue weighted by Crippen LogP contribution is 2.37. The number of H-pyrrole nitrogens is 1. The van der Waals surface area contributed by atoms with E-state index in [4.69, 9.17) is 14.2 Å². The molecule has 6 amide bonds. The average molecular weight is 775 g/mol. The van der Waals surface area contributed by atoms with Gasteiger partial charge in [-0.2, -0.15) is 0 Å². The number of anilines is 1. The minimum Gasteiger partial charge on any atom is -0.457 e. The first kappa shape index (κ1) is 38.4. The van der Waals surface area contributed by atoms with Gasteiger partial charge in [-0.3, -0.25) is 43.8 Å². The van der Waals surface area contributed by atoms with Crippen LogP contribution in [0.1, 0.15) is 50.5 Å². The molecule has 0 radical (unpaired) electrons. The van der Waals surface area contributed by atoms with Gasteiger partial charge in [-0.25, -0.2) is 0 Å². The van der Waals surface area contributed by atoms with Crippen LogP contribution in [0.5, 0.6) is 11.5 Å². The number of aromatic amines is 1. The first-order valence-corrected chi connectivity index (χ1v) is 18.2. The Labute approximate surface area is 325 Å². The highest BCUT2D eigenvalue weighted by molar-refractivity contribution is 6.26. The van der Waals surface area contributed by atoms with E-state index in [-0.39, 0.29) is 85.8 Å². The molecule has 4 heterocycles. The smallest absolute Gasteiger partial charge is 0.274 e. The quantitative estimate of drug-likeness (QED) is 0.0899. The van der Waals surface area contributed by atoms with Gasteiger partial charge in [0.25, 0.3) is 23.3 Å². The molecule has 2 aliphatic rings. The van der Waals surface area contributed by atoms with Crippen molar-refractivity contribution < 1.29 is 43.0 Å². The van der Waals surface area contributed by atoms with E-state index in [2.05, 4.69) is 20.9 Å². The number of nitrogens with one attached hydrogen (secondary N) is 4. The van der Waals surface area contributed by atoms with Crippen molar-refractivity contribution in [3.05, 3.63) is 112 Å². The van der Waals surface area contributed by atoms with E-state index < -0.39 is 41.5 Å². The topological polar surface area (TPSA) is 207 Å². The predicted molar refractivity (Wildman–Crippen MR) is 206 cm³/mol. The number of pyridine rings is 1. The van der Waals surface area contributed by atoms with Crippen LogP contribution in [0, 0.1) is 0 Å². The summed E-state index contributed by atoms with van der Waals surface area (Å²) in [5.74, 6) is -2.22. The summed E-state index contributed by atoms with van der Waals surface area (Å²) in [6.07, 6.45) is 1.68. The van der Waals surface area contributed by atoms with Crippen LogP contribution in [-0.4, -0.2) is 88.9 Å². The molecule has 4 N–H and O–H groups in total. The van der Waals surface area contributed by atoms with Gasteiger partial charge in [-0.05, 0) is 42.8 Å². The fraction of sp³-hybridized carbons (Fsp3) is 0.244. The maximum Gasteiger partial charge on any atom is 0.274 e. The largest absolute Gasteiger partial charge is 0.457 e. The van der Waals surface area contributed by atoms with Crippen LogP contribution in [0.15, 0.2) is 89.9 Å². The molecule has 5 aromatic rings. The number of hydrogen-bond acceptors (Lipinski definition) is 10. The van der Waals surface area contributed by atoms with E-state index in [9.17, 15) is 33.6 Å². The maximum atomic E-state index is 13.2. The lowest BCUT2D eigenvalue weighted by atomic mass is 10.0. The second-order valence-corrected chi connectivity index (χ2v) is 13.3. The molecule has 57 heavy (non-hydrogen) atoms. The van der Waals surface area contributed by atoms with Gasteiger partial charge in [0, 0.05) is 42.7 Å². The molecule has 1 fully saturated rings. The van der Waals surface area contributed by atoms with Gasteiger partial charge in [-0.15, -0.1) is 0 Å². The van der Waals surface area contributed by atoms with Gasteiger partial charge >= 0.3 is 0 Å². The van der Waals surface area contributed by atoms with E-state index in [1.54, 1.807) is 19.3 Å². The zero-order chi connectivity index (χ0) is 40.1. The Morgan fingerprint density at radius 1 is 0.825 bits per heavy atom. The third kappa shape index (κ3) is 8.22. The molecule has 0 saturated carbocycles. The number of benzene rings is 3. The van der Waals surface area contributed by atoms with Crippen LogP contribution in [0.2, 0.25) is 0 Å². The maximum absolute atomic E-state index is 13.2. The first-order valence-electron chi connectivity index (χ1n) is 18.2.